The molecular formula is C32H34O8. The average Bonchev–Trinajstić information content (AvgIpc) is 2.99. The van der Waals surface area contributed by atoms with E-state index >= 15 is 0 Å². The first-order valence-electron chi connectivity index (χ1n) is 12.8. The average molecular weight is 547 g/mol. The van der Waals surface area contributed by atoms with Crippen LogP contribution in [0.15, 0.2) is 91.5 Å². The molecule has 0 aliphatic heterocycles. The third kappa shape index (κ3) is 11.7. The van der Waals surface area contributed by atoms with Crippen molar-refractivity contribution in [2.75, 3.05) is 20.3 Å². The molecular weight excluding hydrogens is 512 g/mol. The second-order valence-electron chi connectivity index (χ2n) is 7.87. The Morgan fingerprint density at radius 2 is 1.30 bits per heavy atom. The van der Waals surface area contributed by atoms with E-state index in [2.05, 4.69) is 6.58 Å². The maximum absolute atomic E-state index is 12.3. The van der Waals surface area contributed by atoms with Crippen molar-refractivity contribution in [3.8, 4) is 23.0 Å². The van der Waals surface area contributed by atoms with Crippen molar-refractivity contribution in [2.45, 2.75) is 26.7 Å². The third-order valence-electron chi connectivity index (χ3n) is 5.04. The number of methoxy groups -OCH3 is 1. The zero-order valence-electron chi connectivity index (χ0n) is 23.0. The van der Waals surface area contributed by atoms with Crippen LogP contribution in [0.5, 0.6) is 23.0 Å². The fourth-order valence-corrected chi connectivity index (χ4v) is 3.12. The second kappa shape index (κ2) is 17.6. The molecule has 0 saturated heterocycles. The first-order valence-corrected chi connectivity index (χ1v) is 12.8. The van der Waals surface area contributed by atoms with E-state index in [0.29, 0.717) is 30.3 Å². The molecule has 210 valence electrons. The van der Waals surface area contributed by atoms with Gasteiger partial charge in [-0.1, -0.05) is 44.7 Å². The van der Waals surface area contributed by atoms with Crippen LogP contribution in [-0.4, -0.2) is 38.2 Å². The maximum atomic E-state index is 12.3. The lowest BCUT2D eigenvalue weighted by Gasteiger charge is -2.08. The molecule has 0 radical (unpaired) electrons. The fourth-order valence-electron chi connectivity index (χ4n) is 3.12. The molecule has 8 nitrogen and oxygen atoms in total. The van der Waals surface area contributed by atoms with Crippen LogP contribution in [0.1, 0.15) is 31.4 Å². The van der Waals surface area contributed by atoms with E-state index in [1.54, 1.807) is 73.8 Å². The smallest absolute Gasteiger partial charge is 0.336 e. The zero-order valence-corrected chi connectivity index (χ0v) is 23.0. The molecule has 0 aliphatic rings. The van der Waals surface area contributed by atoms with Crippen LogP contribution in [0.4, 0.5) is 0 Å². The molecule has 0 N–H and O–H groups in total. The predicted octanol–water partition coefficient (Wildman–Crippen LogP) is 5.99. The molecule has 3 aromatic rings. The van der Waals surface area contributed by atoms with Gasteiger partial charge in [0.15, 0.2) is 0 Å². The van der Waals surface area contributed by atoms with E-state index < -0.39 is 17.9 Å². The highest BCUT2D eigenvalue weighted by Crippen LogP contribution is 2.19. The summed E-state index contributed by atoms with van der Waals surface area (Å²) in [5.74, 6) is 0.594. The molecule has 0 aliphatic carbocycles. The molecule has 0 aromatic heterocycles. The Balaban J connectivity index is 0.00000274. The van der Waals surface area contributed by atoms with Gasteiger partial charge in [-0.05, 0) is 65.7 Å². The van der Waals surface area contributed by atoms with Crippen molar-refractivity contribution in [2.24, 2.45) is 0 Å². The van der Waals surface area contributed by atoms with Crippen LogP contribution in [0.2, 0.25) is 0 Å². The summed E-state index contributed by atoms with van der Waals surface area (Å²) in [6, 6.07) is 20.5. The number of carbonyl (C=O) groups excluding carboxylic acids is 3. The summed E-state index contributed by atoms with van der Waals surface area (Å²) < 4.78 is 26.2. The normalized spacial score (nSPS) is 10.1. The van der Waals surface area contributed by atoms with Crippen molar-refractivity contribution in [3.63, 3.8) is 0 Å². The largest absolute Gasteiger partial charge is 0.497 e. The molecule has 0 atom stereocenters. The number of hydrogen-bond donors (Lipinski definition) is 0. The topological polar surface area (TPSA) is 97.4 Å². The highest BCUT2D eigenvalue weighted by Gasteiger charge is 2.08. The van der Waals surface area contributed by atoms with E-state index in [4.69, 9.17) is 23.7 Å². The standard InChI is InChI=1S/C30H28O8.C2H6/c1-3-28(31)36-20-4-19-35-25-12-7-23(8-13-25)21-30(33)38-27-16-14-26(15-17-27)37-29(32)18-9-22-5-10-24(34-2)11-6-22;1-2/h3,5-18H,1,4,19-21H2,2H3;1-2H3/b18-9+;. The Morgan fingerprint density at radius 3 is 1.90 bits per heavy atom. The van der Waals surface area contributed by atoms with Gasteiger partial charge in [-0.2, -0.15) is 0 Å². The van der Waals surface area contributed by atoms with E-state index in [1.165, 1.54) is 6.08 Å². The molecule has 0 saturated carbocycles. The van der Waals surface area contributed by atoms with Crippen molar-refractivity contribution in [1.29, 1.82) is 0 Å². The van der Waals surface area contributed by atoms with Gasteiger partial charge >= 0.3 is 17.9 Å². The van der Waals surface area contributed by atoms with E-state index in [1.807, 2.05) is 26.0 Å². The van der Waals surface area contributed by atoms with Gasteiger partial charge in [0.2, 0.25) is 0 Å². The van der Waals surface area contributed by atoms with E-state index in [9.17, 15) is 14.4 Å². The number of carbonyl (C=O) groups is 3. The number of esters is 3. The number of ether oxygens (including phenoxy) is 5. The first-order chi connectivity index (χ1) is 19.4. The van der Waals surface area contributed by atoms with Crippen molar-refractivity contribution >= 4 is 24.0 Å². The summed E-state index contributed by atoms with van der Waals surface area (Å²) in [6.07, 6.45) is 4.70. The summed E-state index contributed by atoms with van der Waals surface area (Å²) >= 11 is 0. The van der Waals surface area contributed by atoms with Gasteiger partial charge in [-0.25, -0.2) is 9.59 Å². The van der Waals surface area contributed by atoms with E-state index in [-0.39, 0.29) is 13.0 Å². The fraction of sp³-hybridized carbons (Fsp3) is 0.219. The van der Waals surface area contributed by atoms with Gasteiger partial charge in [0, 0.05) is 18.6 Å². The van der Waals surface area contributed by atoms with Crippen LogP contribution in [0.25, 0.3) is 6.08 Å². The molecule has 8 heteroatoms. The SMILES string of the molecule is C=CC(=O)OCCCOc1ccc(CC(=O)Oc2ccc(OC(=O)/C=C/c3ccc(OC)cc3)cc2)cc1.CC. The Labute approximate surface area is 234 Å². The van der Waals surface area contributed by atoms with Gasteiger partial charge in [0.25, 0.3) is 0 Å². The predicted molar refractivity (Wildman–Crippen MR) is 153 cm³/mol. The Bertz CT molecular complexity index is 1240. The van der Waals surface area contributed by atoms with Crippen LogP contribution in [0, 0.1) is 0 Å². The molecule has 0 amide bonds. The van der Waals surface area contributed by atoms with Gasteiger partial charge in [-0.3, -0.25) is 4.79 Å². The van der Waals surface area contributed by atoms with Crippen LogP contribution in [-0.2, 0) is 25.5 Å². The van der Waals surface area contributed by atoms with Crippen molar-refractivity contribution < 1.29 is 38.1 Å². The molecule has 0 fully saturated rings. The number of rotatable bonds is 13. The minimum atomic E-state index is -0.533. The maximum Gasteiger partial charge on any atom is 0.336 e. The molecule has 0 heterocycles. The van der Waals surface area contributed by atoms with Gasteiger partial charge < -0.3 is 23.7 Å². The lowest BCUT2D eigenvalue weighted by molar-refractivity contribution is -0.138. The van der Waals surface area contributed by atoms with Crippen molar-refractivity contribution in [3.05, 3.63) is 103 Å². The van der Waals surface area contributed by atoms with Gasteiger partial charge in [0.05, 0.1) is 26.7 Å². The van der Waals surface area contributed by atoms with Gasteiger partial charge in [0.1, 0.15) is 23.0 Å². The molecule has 40 heavy (non-hydrogen) atoms. The molecule has 0 unspecified atom stereocenters. The Morgan fingerprint density at radius 1 is 0.725 bits per heavy atom. The summed E-state index contributed by atoms with van der Waals surface area (Å²) in [4.78, 5) is 35.4. The summed E-state index contributed by atoms with van der Waals surface area (Å²) in [6.45, 7) is 7.96. The molecule has 0 spiro atoms. The minimum Gasteiger partial charge on any atom is -0.497 e. The van der Waals surface area contributed by atoms with Crippen LogP contribution in [0.3, 0.4) is 0 Å². The first kappa shape index (κ1) is 31.4. The van der Waals surface area contributed by atoms with Gasteiger partial charge in [-0.15, -0.1) is 0 Å². The zero-order chi connectivity index (χ0) is 29.2. The second-order valence-corrected chi connectivity index (χ2v) is 7.87. The number of hydrogen-bond acceptors (Lipinski definition) is 8. The highest BCUT2D eigenvalue weighted by atomic mass is 16.5. The quantitative estimate of drug-likeness (QED) is 0.112. The molecule has 0 bridgehead atoms. The minimum absolute atomic E-state index is 0.0741. The third-order valence-corrected chi connectivity index (χ3v) is 5.04. The van der Waals surface area contributed by atoms with Crippen molar-refractivity contribution in [1.82, 2.24) is 0 Å². The lowest BCUT2D eigenvalue weighted by atomic mass is 10.1. The van der Waals surface area contributed by atoms with E-state index in [0.717, 1.165) is 23.0 Å². The number of benzene rings is 3. The lowest BCUT2D eigenvalue weighted by Crippen LogP contribution is -2.11. The Kier molecular flexibility index (Phi) is 13.8. The van der Waals surface area contributed by atoms with Crippen LogP contribution < -0.4 is 18.9 Å². The highest BCUT2D eigenvalue weighted by molar-refractivity contribution is 5.88. The Hall–Kier alpha value is -4.85. The monoisotopic (exact) mass is 546 g/mol. The molecule has 3 rings (SSSR count). The van der Waals surface area contributed by atoms with Crippen LogP contribution >= 0.6 is 0 Å². The summed E-state index contributed by atoms with van der Waals surface area (Å²) in [7, 11) is 1.59. The summed E-state index contributed by atoms with van der Waals surface area (Å²) in [5.41, 5.74) is 1.59. The molecule has 3 aromatic carbocycles. The summed E-state index contributed by atoms with van der Waals surface area (Å²) in [5, 5.41) is 0.